The van der Waals surface area contributed by atoms with Crippen molar-refractivity contribution in [3.63, 3.8) is 0 Å². The van der Waals surface area contributed by atoms with Crippen LogP contribution >= 0.6 is 0 Å². The van der Waals surface area contributed by atoms with Crippen LogP contribution in [0, 0.1) is 0 Å². The zero-order valence-electron chi connectivity index (χ0n) is 16.4. The first-order valence-corrected chi connectivity index (χ1v) is 9.90. The van der Waals surface area contributed by atoms with Crippen molar-refractivity contribution < 1.29 is 9.18 Å². The van der Waals surface area contributed by atoms with E-state index >= 15 is 0 Å². The molecule has 0 spiro atoms. The Hall–Kier alpha value is -4.07. The minimum atomic E-state index is -0.916. The Morgan fingerprint density at radius 3 is 2.97 bits per heavy atom. The fraction of sp³-hybridized carbons (Fsp3) is 0.130. The smallest absolute Gasteiger partial charge is 0.244 e. The lowest BCUT2D eigenvalue weighted by molar-refractivity contribution is -0.116. The van der Waals surface area contributed by atoms with Crippen LogP contribution in [0.3, 0.4) is 0 Å². The van der Waals surface area contributed by atoms with Gasteiger partial charge in [-0.25, -0.2) is 14.4 Å². The molecule has 0 bridgehead atoms. The molecule has 3 N–H and O–H groups in total. The van der Waals surface area contributed by atoms with E-state index in [0.29, 0.717) is 18.1 Å². The van der Waals surface area contributed by atoms with Gasteiger partial charge in [0.25, 0.3) is 0 Å². The Morgan fingerprint density at radius 2 is 2.10 bits per heavy atom. The van der Waals surface area contributed by atoms with E-state index in [9.17, 15) is 9.18 Å². The molecule has 1 amide bonds. The maximum atomic E-state index is 12.9. The van der Waals surface area contributed by atoms with Gasteiger partial charge in [-0.2, -0.15) is 5.10 Å². The number of aromatic amines is 1. The third-order valence-electron chi connectivity index (χ3n) is 4.98. The van der Waals surface area contributed by atoms with Crippen LogP contribution in [-0.2, 0) is 4.79 Å². The van der Waals surface area contributed by atoms with Crippen LogP contribution in [0.5, 0.6) is 0 Å². The average Bonchev–Trinajstić information content (AvgIpc) is 3.27. The molecule has 8 heteroatoms. The number of benzene rings is 2. The van der Waals surface area contributed by atoms with Gasteiger partial charge in [0.05, 0.1) is 17.8 Å². The molecule has 0 radical (unpaired) electrons. The van der Waals surface area contributed by atoms with Gasteiger partial charge in [0, 0.05) is 35.3 Å². The van der Waals surface area contributed by atoms with E-state index in [0.717, 1.165) is 27.7 Å². The topological polar surface area (TPSA) is 95.6 Å². The highest BCUT2D eigenvalue weighted by atomic mass is 19.1. The maximum absolute atomic E-state index is 12.9. The summed E-state index contributed by atoms with van der Waals surface area (Å²) in [6, 6.07) is 14.9. The molecule has 2 aromatic heterocycles. The summed E-state index contributed by atoms with van der Waals surface area (Å²) < 4.78 is 12.9. The number of anilines is 2. The van der Waals surface area contributed by atoms with Crippen molar-refractivity contribution in [2.45, 2.75) is 18.6 Å². The summed E-state index contributed by atoms with van der Waals surface area (Å²) in [6.45, 7) is 0. The summed E-state index contributed by atoms with van der Waals surface area (Å²) in [6.07, 6.45) is 6.05. The van der Waals surface area contributed by atoms with E-state index in [-0.39, 0.29) is 11.9 Å². The van der Waals surface area contributed by atoms with E-state index in [1.165, 1.54) is 6.08 Å². The fourth-order valence-corrected chi connectivity index (χ4v) is 3.23. The lowest BCUT2D eigenvalue weighted by Gasteiger charge is -2.08. The van der Waals surface area contributed by atoms with Crippen LogP contribution in [0.1, 0.15) is 12.0 Å². The molecule has 154 valence electrons. The normalized spacial score (nSPS) is 17.7. The number of rotatable bonds is 6. The van der Waals surface area contributed by atoms with Crippen molar-refractivity contribution in [2.24, 2.45) is 0 Å². The Labute approximate surface area is 177 Å². The summed E-state index contributed by atoms with van der Waals surface area (Å²) in [5.74, 6) is 0.929. The van der Waals surface area contributed by atoms with E-state index in [4.69, 9.17) is 0 Å². The third-order valence-corrected chi connectivity index (χ3v) is 4.98. The minimum absolute atomic E-state index is 0.299. The van der Waals surface area contributed by atoms with Crippen LogP contribution in [0.25, 0.3) is 28.4 Å². The number of aromatic nitrogens is 4. The first-order valence-electron chi connectivity index (χ1n) is 9.90. The molecular formula is C23H19FN6O. The van der Waals surface area contributed by atoms with Crippen LogP contribution in [0.15, 0.2) is 67.0 Å². The minimum Gasteiger partial charge on any atom is -0.347 e. The Morgan fingerprint density at radius 1 is 1.19 bits per heavy atom. The Bertz CT molecular complexity index is 1280. The number of alkyl halides is 1. The molecular weight excluding hydrogens is 395 g/mol. The van der Waals surface area contributed by atoms with Crippen LogP contribution in [0.4, 0.5) is 15.9 Å². The highest BCUT2D eigenvalue weighted by molar-refractivity contribution is 5.92. The predicted molar refractivity (Wildman–Crippen MR) is 117 cm³/mol. The van der Waals surface area contributed by atoms with Gasteiger partial charge in [0.15, 0.2) is 5.82 Å². The van der Waals surface area contributed by atoms with Crippen LogP contribution in [-0.4, -0.2) is 38.3 Å². The van der Waals surface area contributed by atoms with Gasteiger partial charge in [-0.1, -0.05) is 18.2 Å². The maximum Gasteiger partial charge on any atom is 0.244 e. The number of hydrogen-bond donors (Lipinski definition) is 3. The highest BCUT2D eigenvalue weighted by Crippen LogP contribution is 2.25. The average molecular weight is 414 g/mol. The number of amides is 1. The van der Waals surface area contributed by atoms with Gasteiger partial charge in [-0.15, -0.1) is 0 Å². The van der Waals surface area contributed by atoms with Gasteiger partial charge in [-0.3, -0.25) is 9.89 Å². The Balaban J connectivity index is 1.32. The molecule has 2 atom stereocenters. The molecule has 31 heavy (non-hydrogen) atoms. The number of carbonyl (C=O) groups is 1. The number of nitrogens with zero attached hydrogens (tertiary/aromatic N) is 3. The molecule has 0 saturated heterocycles. The van der Waals surface area contributed by atoms with Crippen molar-refractivity contribution in [3.05, 3.63) is 72.6 Å². The van der Waals surface area contributed by atoms with E-state index in [2.05, 4.69) is 30.8 Å². The molecule has 2 heterocycles. The number of carbonyl (C=O) groups excluding carboxylic acids is 1. The van der Waals surface area contributed by atoms with Gasteiger partial charge >= 0.3 is 0 Å². The molecule has 4 aromatic rings. The molecule has 2 aromatic carbocycles. The third kappa shape index (κ3) is 4.42. The molecule has 2 unspecified atom stereocenters. The molecule has 5 rings (SSSR count). The SMILES string of the molecule is O=C(/C=C/c1cccc(-c2nccc(Nc3ccc4[nH]ncc4c3)n2)c1)NC1CC1F. The van der Waals surface area contributed by atoms with Gasteiger partial charge in [-0.05, 0) is 42.0 Å². The molecule has 1 saturated carbocycles. The van der Waals surface area contributed by atoms with E-state index in [1.807, 2.05) is 42.5 Å². The lowest BCUT2D eigenvalue weighted by atomic mass is 10.1. The first-order chi connectivity index (χ1) is 15.1. The van der Waals surface area contributed by atoms with Crippen molar-refractivity contribution >= 4 is 34.4 Å². The second-order valence-corrected chi connectivity index (χ2v) is 7.39. The van der Waals surface area contributed by atoms with Gasteiger partial charge in [0.1, 0.15) is 12.0 Å². The number of halogens is 1. The zero-order chi connectivity index (χ0) is 21.2. The molecule has 1 fully saturated rings. The monoisotopic (exact) mass is 414 g/mol. The highest BCUT2D eigenvalue weighted by Gasteiger charge is 2.38. The summed E-state index contributed by atoms with van der Waals surface area (Å²) in [5.41, 5.74) is 3.51. The van der Waals surface area contributed by atoms with Crippen molar-refractivity contribution in [1.29, 1.82) is 0 Å². The van der Waals surface area contributed by atoms with Crippen LogP contribution < -0.4 is 10.6 Å². The number of nitrogens with one attached hydrogen (secondary N) is 3. The molecule has 7 nitrogen and oxygen atoms in total. The van der Waals surface area contributed by atoms with Gasteiger partial charge < -0.3 is 10.6 Å². The van der Waals surface area contributed by atoms with E-state index < -0.39 is 6.17 Å². The summed E-state index contributed by atoms with van der Waals surface area (Å²) in [7, 11) is 0. The van der Waals surface area contributed by atoms with Crippen LogP contribution in [0.2, 0.25) is 0 Å². The summed E-state index contributed by atoms with van der Waals surface area (Å²) in [4.78, 5) is 20.8. The molecule has 0 aliphatic heterocycles. The molecule has 1 aliphatic rings. The number of hydrogen-bond acceptors (Lipinski definition) is 5. The Kier molecular flexibility index (Phi) is 4.87. The van der Waals surface area contributed by atoms with Crippen molar-refractivity contribution in [1.82, 2.24) is 25.5 Å². The summed E-state index contributed by atoms with van der Waals surface area (Å²) in [5, 5.41) is 13.9. The zero-order valence-corrected chi connectivity index (χ0v) is 16.4. The standard InChI is InChI=1S/C23H19FN6O/c24-18-12-20(18)28-22(31)7-4-14-2-1-3-15(10-14)23-25-9-8-21(29-23)27-17-5-6-19-16(11-17)13-26-30-19/h1-11,13,18,20H,12H2,(H,26,30)(H,28,31)(H,25,27,29)/b7-4+. The van der Waals surface area contributed by atoms with Gasteiger partial charge in [0.2, 0.25) is 5.91 Å². The second-order valence-electron chi connectivity index (χ2n) is 7.39. The second kappa shape index (κ2) is 7.98. The quantitative estimate of drug-likeness (QED) is 0.415. The molecule has 1 aliphatic carbocycles. The number of fused-ring (bicyclic) bond motifs is 1. The number of H-pyrrole nitrogens is 1. The predicted octanol–water partition coefficient (Wildman–Crippen LogP) is 4.00. The van der Waals surface area contributed by atoms with Crippen molar-refractivity contribution in [3.8, 4) is 11.4 Å². The van der Waals surface area contributed by atoms with E-state index in [1.54, 1.807) is 24.5 Å². The fourth-order valence-electron chi connectivity index (χ4n) is 3.23. The summed E-state index contributed by atoms with van der Waals surface area (Å²) >= 11 is 0. The van der Waals surface area contributed by atoms with Crippen molar-refractivity contribution in [2.75, 3.05) is 5.32 Å². The largest absolute Gasteiger partial charge is 0.347 e. The first kappa shape index (κ1) is 18.9. The lowest BCUT2D eigenvalue weighted by Crippen LogP contribution is -2.24.